The van der Waals surface area contributed by atoms with Crippen molar-refractivity contribution in [2.45, 2.75) is 32.6 Å². The van der Waals surface area contributed by atoms with Crippen molar-refractivity contribution in [2.24, 2.45) is 5.92 Å². The minimum Gasteiger partial charge on any atom is -0.490 e. The van der Waals surface area contributed by atoms with E-state index >= 15 is 0 Å². The number of nitrogens with one attached hydrogen (secondary N) is 1. The second kappa shape index (κ2) is 8.73. The van der Waals surface area contributed by atoms with Gasteiger partial charge in [0.15, 0.2) is 11.6 Å². The molecule has 1 atom stereocenters. The third kappa shape index (κ3) is 5.30. The van der Waals surface area contributed by atoms with Gasteiger partial charge in [-0.15, -0.1) is 0 Å². The van der Waals surface area contributed by atoms with Crippen LogP contribution in [-0.4, -0.2) is 32.3 Å². The Kier molecular flexibility index (Phi) is 6.65. The van der Waals surface area contributed by atoms with Crippen molar-refractivity contribution in [3.8, 4) is 5.75 Å². The lowest BCUT2D eigenvalue weighted by molar-refractivity contribution is -0.143. The van der Waals surface area contributed by atoms with Crippen LogP contribution >= 0.6 is 0 Å². The first-order chi connectivity index (χ1) is 10.7. The Bertz CT molecular complexity index is 487. The highest BCUT2D eigenvalue weighted by Gasteiger charge is 2.15. The molecule has 1 saturated heterocycles. The smallest absolute Gasteiger partial charge is 0.306 e. The lowest BCUT2D eigenvalue weighted by Crippen LogP contribution is -2.33. The summed E-state index contributed by atoms with van der Waals surface area (Å²) in [5.74, 6) is 0.0975. The van der Waals surface area contributed by atoms with Crippen molar-refractivity contribution in [3.63, 3.8) is 0 Å². The summed E-state index contributed by atoms with van der Waals surface area (Å²) in [4.78, 5) is 11.3. The molecule has 0 aliphatic carbocycles. The first-order valence-electron chi connectivity index (χ1n) is 7.96. The molecule has 1 heterocycles. The van der Waals surface area contributed by atoms with Crippen LogP contribution in [0.5, 0.6) is 5.75 Å². The number of esters is 1. The standard InChI is InChI=1S/C17H24FNO3/c1-2-21-17(20)8-6-13-5-7-16(15(18)10-13)22-12-14-4-3-9-19-11-14/h5,7,10,14,19H,2-4,6,8-9,11-12H2,1H3. The number of carbonyl (C=O) groups is 1. The van der Waals surface area contributed by atoms with E-state index in [1.54, 1.807) is 19.1 Å². The van der Waals surface area contributed by atoms with E-state index in [0.717, 1.165) is 31.5 Å². The van der Waals surface area contributed by atoms with Crippen molar-refractivity contribution >= 4 is 5.97 Å². The van der Waals surface area contributed by atoms with Gasteiger partial charge in [-0.1, -0.05) is 6.07 Å². The van der Waals surface area contributed by atoms with Gasteiger partial charge >= 0.3 is 5.97 Å². The van der Waals surface area contributed by atoms with E-state index in [2.05, 4.69) is 5.32 Å². The van der Waals surface area contributed by atoms with Gasteiger partial charge in [-0.05, 0) is 50.4 Å². The Morgan fingerprint density at radius 3 is 3.00 bits per heavy atom. The Morgan fingerprint density at radius 2 is 2.32 bits per heavy atom. The van der Waals surface area contributed by atoms with Crippen LogP contribution < -0.4 is 10.1 Å². The van der Waals surface area contributed by atoms with E-state index in [9.17, 15) is 9.18 Å². The SMILES string of the molecule is CCOC(=O)CCc1ccc(OCC2CCCNC2)c(F)c1. The summed E-state index contributed by atoms with van der Waals surface area (Å²) in [5.41, 5.74) is 0.775. The maximum absolute atomic E-state index is 14.0. The molecule has 0 amide bonds. The highest BCUT2D eigenvalue weighted by Crippen LogP contribution is 2.21. The van der Waals surface area contributed by atoms with E-state index in [1.165, 1.54) is 6.07 Å². The predicted octanol–water partition coefficient (Wildman–Crippen LogP) is 2.70. The van der Waals surface area contributed by atoms with Gasteiger partial charge in [0.05, 0.1) is 13.2 Å². The van der Waals surface area contributed by atoms with Crippen molar-refractivity contribution in [1.82, 2.24) is 5.32 Å². The second-order valence-corrected chi connectivity index (χ2v) is 5.59. The summed E-state index contributed by atoms with van der Waals surface area (Å²) < 4.78 is 24.5. The van der Waals surface area contributed by atoms with Gasteiger partial charge in [0, 0.05) is 18.9 Å². The summed E-state index contributed by atoms with van der Waals surface area (Å²) >= 11 is 0. The van der Waals surface area contributed by atoms with Gasteiger partial charge < -0.3 is 14.8 Å². The maximum Gasteiger partial charge on any atom is 0.306 e. The summed E-state index contributed by atoms with van der Waals surface area (Å²) in [6.45, 7) is 4.66. The van der Waals surface area contributed by atoms with Gasteiger partial charge in [0.1, 0.15) is 0 Å². The molecule has 4 nitrogen and oxygen atoms in total. The largest absolute Gasteiger partial charge is 0.490 e. The summed E-state index contributed by atoms with van der Waals surface area (Å²) in [6.07, 6.45) is 3.00. The zero-order valence-corrected chi connectivity index (χ0v) is 13.1. The van der Waals surface area contributed by atoms with Gasteiger partial charge in [-0.2, -0.15) is 0 Å². The highest BCUT2D eigenvalue weighted by molar-refractivity contribution is 5.69. The number of aryl methyl sites for hydroxylation is 1. The Labute approximate surface area is 131 Å². The van der Waals surface area contributed by atoms with E-state index < -0.39 is 0 Å². The average Bonchev–Trinajstić information content (AvgIpc) is 2.53. The Balaban J connectivity index is 1.82. The molecular formula is C17H24FNO3. The number of hydrogen-bond acceptors (Lipinski definition) is 4. The fourth-order valence-electron chi connectivity index (χ4n) is 2.57. The molecule has 1 unspecified atom stereocenters. The molecule has 1 fully saturated rings. The molecule has 1 aliphatic rings. The fourth-order valence-corrected chi connectivity index (χ4v) is 2.57. The van der Waals surface area contributed by atoms with Crippen molar-refractivity contribution in [2.75, 3.05) is 26.3 Å². The summed E-state index contributed by atoms with van der Waals surface area (Å²) in [5, 5.41) is 3.31. The minimum absolute atomic E-state index is 0.256. The zero-order valence-electron chi connectivity index (χ0n) is 13.1. The van der Waals surface area contributed by atoms with Gasteiger partial charge in [-0.25, -0.2) is 4.39 Å². The molecule has 1 aromatic rings. The van der Waals surface area contributed by atoms with E-state index in [1.807, 2.05) is 0 Å². The first-order valence-corrected chi connectivity index (χ1v) is 7.96. The number of piperidine rings is 1. The quantitative estimate of drug-likeness (QED) is 0.787. The topological polar surface area (TPSA) is 47.6 Å². The van der Waals surface area contributed by atoms with Crippen LogP contribution in [0.15, 0.2) is 18.2 Å². The lowest BCUT2D eigenvalue weighted by Gasteiger charge is -2.22. The molecular weight excluding hydrogens is 285 g/mol. The zero-order chi connectivity index (χ0) is 15.8. The molecule has 0 bridgehead atoms. The van der Waals surface area contributed by atoms with Crippen LogP contribution in [0.2, 0.25) is 0 Å². The third-order valence-electron chi connectivity index (χ3n) is 3.79. The minimum atomic E-state index is -0.370. The van der Waals surface area contributed by atoms with Crippen LogP contribution in [0.25, 0.3) is 0 Å². The van der Waals surface area contributed by atoms with Gasteiger partial charge in [0.25, 0.3) is 0 Å². The third-order valence-corrected chi connectivity index (χ3v) is 3.79. The number of rotatable bonds is 7. The van der Waals surface area contributed by atoms with E-state index in [0.29, 0.717) is 25.6 Å². The van der Waals surface area contributed by atoms with E-state index in [4.69, 9.17) is 9.47 Å². The first kappa shape index (κ1) is 16.7. The summed E-state index contributed by atoms with van der Waals surface area (Å²) in [6, 6.07) is 4.89. The number of ether oxygens (including phenoxy) is 2. The number of carbonyl (C=O) groups excluding carboxylic acids is 1. The Morgan fingerprint density at radius 1 is 1.45 bits per heavy atom. The van der Waals surface area contributed by atoms with Gasteiger partial charge in [0.2, 0.25) is 0 Å². The summed E-state index contributed by atoms with van der Waals surface area (Å²) in [7, 11) is 0. The maximum atomic E-state index is 14.0. The molecule has 5 heteroatoms. The molecule has 1 aliphatic heterocycles. The molecule has 1 aromatic carbocycles. The van der Waals surface area contributed by atoms with Crippen molar-refractivity contribution in [1.29, 1.82) is 0 Å². The van der Waals surface area contributed by atoms with Crippen molar-refractivity contribution in [3.05, 3.63) is 29.6 Å². The number of benzene rings is 1. The number of hydrogen-bond donors (Lipinski definition) is 1. The van der Waals surface area contributed by atoms with Gasteiger partial charge in [-0.3, -0.25) is 4.79 Å². The molecule has 0 saturated carbocycles. The molecule has 2 rings (SSSR count). The Hall–Kier alpha value is -1.62. The van der Waals surface area contributed by atoms with Crippen LogP contribution in [0, 0.1) is 11.7 Å². The van der Waals surface area contributed by atoms with E-state index in [-0.39, 0.29) is 24.0 Å². The van der Waals surface area contributed by atoms with Crippen LogP contribution in [0.4, 0.5) is 4.39 Å². The average molecular weight is 309 g/mol. The predicted molar refractivity (Wildman–Crippen MR) is 82.4 cm³/mol. The number of halogens is 1. The molecule has 1 N–H and O–H groups in total. The normalized spacial score (nSPS) is 18.0. The molecule has 122 valence electrons. The highest BCUT2D eigenvalue weighted by atomic mass is 19.1. The molecule has 0 aromatic heterocycles. The van der Waals surface area contributed by atoms with Crippen molar-refractivity contribution < 1.29 is 18.7 Å². The molecule has 0 radical (unpaired) electrons. The lowest BCUT2D eigenvalue weighted by atomic mass is 10.0. The monoisotopic (exact) mass is 309 g/mol. The molecule has 22 heavy (non-hydrogen) atoms. The second-order valence-electron chi connectivity index (χ2n) is 5.59. The van der Waals surface area contributed by atoms with Crippen LogP contribution in [0.3, 0.4) is 0 Å². The fraction of sp³-hybridized carbons (Fsp3) is 0.588. The van der Waals surface area contributed by atoms with Crippen LogP contribution in [-0.2, 0) is 16.0 Å². The molecule has 0 spiro atoms. The van der Waals surface area contributed by atoms with Crippen LogP contribution in [0.1, 0.15) is 31.7 Å².